The largest absolute Gasteiger partial charge is 0.480 e. The van der Waals surface area contributed by atoms with Crippen LogP contribution in [0.3, 0.4) is 0 Å². The van der Waals surface area contributed by atoms with Gasteiger partial charge in [0, 0.05) is 11.7 Å². The van der Waals surface area contributed by atoms with E-state index in [0.29, 0.717) is 5.56 Å². The van der Waals surface area contributed by atoms with Crippen LogP contribution >= 0.6 is 0 Å². The van der Waals surface area contributed by atoms with Crippen LogP contribution in [0.4, 0.5) is 0 Å². The summed E-state index contributed by atoms with van der Waals surface area (Å²) < 4.78 is 24.3. The number of nitriles is 1. The number of sulfone groups is 1. The van der Waals surface area contributed by atoms with Crippen LogP contribution in [-0.2, 0) is 21.1 Å². The van der Waals surface area contributed by atoms with Gasteiger partial charge >= 0.3 is 5.97 Å². The Hall–Kier alpha value is -1.87. The molecule has 0 bridgehead atoms. The van der Waals surface area contributed by atoms with Crippen molar-refractivity contribution in [1.29, 1.82) is 5.26 Å². The summed E-state index contributed by atoms with van der Waals surface area (Å²) in [5, 5.41) is 17.5. The summed E-state index contributed by atoms with van der Waals surface area (Å²) in [6, 6.07) is 8.87. The Morgan fingerprint density at radius 3 is 2.29 bits per heavy atom. The molecule has 1 aromatic rings. The van der Waals surface area contributed by atoms with E-state index in [1.165, 1.54) is 6.92 Å². The third-order valence-corrected chi connectivity index (χ3v) is 6.43. The van der Waals surface area contributed by atoms with E-state index in [2.05, 4.69) is 0 Å². The van der Waals surface area contributed by atoms with E-state index in [9.17, 15) is 23.6 Å². The van der Waals surface area contributed by atoms with Crippen LogP contribution in [-0.4, -0.2) is 30.5 Å². The van der Waals surface area contributed by atoms with Gasteiger partial charge in [-0.25, -0.2) is 8.42 Å². The number of rotatable bonds is 5. The van der Waals surface area contributed by atoms with E-state index in [4.69, 9.17) is 0 Å². The lowest BCUT2D eigenvalue weighted by atomic mass is 9.99. The lowest BCUT2D eigenvalue weighted by Crippen LogP contribution is -2.23. The summed E-state index contributed by atoms with van der Waals surface area (Å²) in [6.45, 7) is 3.46. The number of hydrogen-bond donors (Lipinski definition) is 1. The minimum absolute atomic E-state index is 0.169. The standard InChI is InChI=1S/C15H17NO4S/c1-3-10-5-7-11(8-6-10)12-13(21(19,20)4-2)15(12,9-16)14(17)18/h5-8,12-13H,3-4H2,1-2H3,(H,17,18). The van der Waals surface area contributed by atoms with Crippen molar-refractivity contribution in [3.05, 3.63) is 35.4 Å². The van der Waals surface area contributed by atoms with Gasteiger partial charge in [0.15, 0.2) is 15.3 Å². The van der Waals surface area contributed by atoms with Crippen LogP contribution in [0, 0.1) is 16.7 Å². The smallest absolute Gasteiger partial charge is 0.326 e. The van der Waals surface area contributed by atoms with Gasteiger partial charge < -0.3 is 5.11 Å². The topological polar surface area (TPSA) is 95.2 Å². The fraction of sp³-hybridized carbons (Fsp3) is 0.467. The zero-order valence-corrected chi connectivity index (χ0v) is 12.7. The van der Waals surface area contributed by atoms with Gasteiger partial charge in [-0.2, -0.15) is 5.26 Å². The molecule has 0 saturated heterocycles. The number of aryl methyl sites for hydroxylation is 1. The molecule has 1 aliphatic carbocycles. The molecule has 3 atom stereocenters. The van der Waals surface area contributed by atoms with Gasteiger partial charge in [0.1, 0.15) is 5.25 Å². The molecule has 5 nitrogen and oxygen atoms in total. The SMILES string of the molecule is CCc1ccc(C2C(S(=O)(=O)CC)C2(C#N)C(=O)O)cc1. The third-order valence-electron chi connectivity index (χ3n) is 4.21. The summed E-state index contributed by atoms with van der Waals surface area (Å²) >= 11 is 0. The summed E-state index contributed by atoms with van der Waals surface area (Å²) in [5.41, 5.74) is -0.187. The highest BCUT2D eigenvalue weighted by molar-refractivity contribution is 7.92. The van der Waals surface area contributed by atoms with Crippen molar-refractivity contribution < 1.29 is 18.3 Å². The van der Waals surface area contributed by atoms with Crippen LogP contribution < -0.4 is 0 Å². The molecule has 2 rings (SSSR count). The monoisotopic (exact) mass is 307 g/mol. The Kier molecular flexibility index (Phi) is 3.81. The molecule has 112 valence electrons. The van der Waals surface area contributed by atoms with Gasteiger partial charge in [-0.1, -0.05) is 38.1 Å². The molecule has 0 aromatic heterocycles. The van der Waals surface area contributed by atoms with Crippen molar-refractivity contribution in [2.24, 2.45) is 5.41 Å². The molecule has 1 aliphatic rings. The number of benzene rings is 1. The van der Waals surface area contributed by atoms with Gasteiger partial charge in [-0.05, 0) is 17.5 Å². The molecule has 0 amide bonds. The number of nitrogens with zero attached hydrogens (tertiary/aromatic N) is 1. The van der Waals surface area contributed by atoms with Gasteiger partial charge in [-0.15, -0.1) is 0 Å². The Bertz CT molecular complexity index is 702. The van der Waals surface area contributed by atoms with Crippen LogP contribution in [0.1, 0.15) is 30.9 Å². The molecular formula is C15H17NO4S. The van der Waals surface area contributed by atoms with E-state index < -0.39 is 32.4 Å². The van der Waals surface area contributed by atoms with Crippen molar-refractivity contribution in [3.8, 4) is 6.07 Å². The third kappa shape index (κ3) is 2.22. The summed E-state index contributed by atoms with van der Waals surface area (Å²) in [5.74, 6) is -2.33. The van der Waals surface area contributed by atoms with Crippen molar-refractivity contribution in [1.82, 2.24) is 0 Å². The molecule has 1 N–H and O–H groups in total. The maximum atomic E-state index is 12.1. The Balaban J connectivity index is 2.50. The van der Waals surface area contributed by atoms with Crippen LogP contribution in [0.15, 0.2) is 24.3 Å². The molecule has 1 saturated carbocycles. The zero-order chi connectivity index (χ0) is 15.8. The average Bonchev–Trinajstić information content (AvgIpc) is 3.19. The van der Waals surface area contributed by atoms with Crippen molar-refractivity contribution in [2.45, 2.75) is 31.4 Å². The molecule has 6 heteroatoms. The second-order valence-corrected chi connectivity index (χ2v) is 7.64. The predicted molar refractivity (Wildman–Crippen MR) is 77.5 cm³/mol. The van der Waals surface area contributed by atoms with Gasteiger partial charge in [0.05, 0.1) is 6.07 Å². The van der Waals surface area contributed by atoms with Crippen molar-refractivity contribution >= 4 is 15.8 Å². The van der Waals surface area contributed by atoms with Gasteiger partial charge in [0.25, 0.3) is 0 Å². The predicted octanol–water partition coefficient (Wildman–Crippen LogP) is 1.74. The van der Waals surface area contributed by atoms with E-state index >= 15 is 0 Å². The van der Waals surface area contributed by atoms with Crippen LogP contribution in [0.2, 0.25) is 0 Å². The van der Waals surface area contributed by atoms with Crippen LogP contribution in [0.25, 0.3) is 0 Å². The zero-order valence-electron chi connectivity index (χ0n) is 11.9. The molecule has 1 fully saturated rings. The highest BCUT2D eigenvalue weighted by Gasteiger charge is 2.76. The first kappa shape index (κ1) is 15.5. The van der Waals surface area contributed by atoms with Crippen LogP contribution in [0.5, 0.6) is 0 Å². The molecule has 0 aliphatic heterocycles. The van der Waals surface area contributed by atoms with Crippen molar-refractivity contribution in [3.63, 3.8) is 0 Å². The maximum Gasteiger partial charge on any atom is 0.326 e. The Morgan fingerprint density at radius 1 is 1.33 bits per heavy atom. The van der Waals surface area contributed by atoms with E-state index in [1.54, 1.807) is 18.2 Å². The van der Waals surface area contributed by atoms with E-state index in [1.807, 2.05) is 19.1 Å². The fourth-order valence-corrected chi connectivity index (χ4v) is 4.79. The molecule has 0 radical (unpaired) electrons. The number of aliphatic carboxylic acids is 1. The molecule has 0 heterocycles. The maximum absolute atomic E-state index is 12.1. The summed E-state index contributed by atoms with van der Waals surface area (Å²) in [7, 11) is -3.61. The van der Waals surface area contributed by atoms with Crippen molar-refractivity contribution in [2.75, 3.05) is 5.75 Å². The molecule has 3 unspecified atom stereocenters. The first-order valence-corrected chi connectivity index (χ1v) is 8.51. The normalized spacial score (nSPS) is 27.9. The lowest BCUT2D eigenvalue weighted by Gasteiger charge is -2.03. The molecule has 1 aromatic carbocycles. The fourth-order valence-electron chi connectivity index (χ4n) is 2.86. The number of carboxylic acids is 1. The number of hydrogen-bond acceptors (Lipinski definition) is 4. The number of carbonyl (C=O) groups is 1. The first-order chi connectivity index (χ1) is 9.85. The Morgan fingerprint density at radius 2 is 1.90 bits per heavy atom. The minimum atomic E-state index is -3.61. The lowest BCUT2D eigenvalue weighted by molar-refractivity contribution is -0.141. The summed E-state index contributed by atoms with van der Waals surface area (Å²) in [6.07, 6.45) is 0.837. The average molecular weight is 307 g/mol. The van der Waals surface area contributed by atoms with E-state index in [-0.39, 0.29) is 5.75 Å². The molecular weight excluding hydrogens is 290 g/mol. The highest BCUT2D eigenvalue weighted by atomic mass is 32.2. The highest BCUT2D eigenvalue weighted by Crippen LogP contribution is 2.63. The van der Waals surface area contributed by atoms with Gasteiger partial charge in [0.2, 0.25) is 0 Å². The molecule has 0 spiro atoms. The molecule has 21 heavy (non-hydrogen) atoms. The minimum Gasteiger partial charge on any atom is -0.480 e. The quantitative estimate of drug-likeness (QED) is 0.894. The Labute approximate surface area is 124 Å². The second-order valence-electron chi connectivity index (χ2n) is 5.23. The second kappa shape index (κ2) is 5.15. The van der Waals surface area contributed by atoms with Gasteiger partial charge in [-0.3, -0.25) is 4.79 Å². The summed E-state index contributed by atoms with van der Waals surface area (Å²) in [4.78, 5) is 11.5. The number of carboxylic acid groups (broad SMARTS) is 1. The van der Waals surface area contributed by atoms with E-state index in [0.717, 1.165) is 12.0 Å². The first-order valence-electron chi connectivity index (χ1n) is 6.80.